The number of hydrogen-bond acceptors (Lipinski definition) is 4. The first-order valence-electron chi connectivity index (χ1n) is 7.53. The third-order valence-corrected chi connectivity index (χ3v) is 5.34. The molecule has 0 unspecified atom stereocenters. The van der Waals surface area contributed by atoms with Crippen molar-refractivity contribution in [2.24, 2.45) is 0 Å². The first-order chi connectivity index (χ1) is 11.7. The molecule has 6 heteroatoms. The second-order valence-electron chi connectivity index (χ2n) is 5.50. The molecule has 2 aromatic heterocycles. The van der Waals surface area contributed by atoms with Crippen molar-refractivity contribution in [3.63, 3.8) is 0 Å². The molecule has 1 aliphatic heterocycles. The van der Waals surface area contributed by atoms with Gasteiger partial charge in [-0.3, -0.25) is 9.78 Å². The van der Waals surface area contributed by atoms with Gasteiger partial charge in [0, 0.05) is 21.2 Å². The van der Waals surface area contributed by atoms with Crippen LogP contribution in [0.4, 0.5) is 5.69 Å². The molecule has 3 aromatic rings. The zero-order valence-corrected chi connectivity index (χ0v) is 15.0. The van der Waals surface area contributed by atoms with Gasteiger partial charge in [-0.25, -0.2) is 0 Å². The predicted octanol–water partition coefficient (Wildman–Crippen LogP) is 4.67. The predicted molar refractivity (Wildman–Crippen MR) is 98.9 cm³/mol. The summed E-state index contributed by atoms with van der Waals surface area (Å²) in [6.07, 6.45) is 1.47. The maximum Gasteiger partial charge on any atom is 0.258 e. The second-order valence-corrected chi connectivity index (χ2v) is 7.45. The molecule has 120 valence electrons. The smallest absolute Gasteiger partial charge is 0.258 e. The SMILES string of the molecule is O=C1c2cccnc2[C@@H](Nc2ccc(Br)cc2)N1Cc1cccs1. The Morgan fingerprint density at radius 2 is 2.00 bits per heavy atom. The first-order valence-corrected chi connectivity index (χ1v) is 9.20. The Hall–Kier alpha value is -2.18. The number of thiophene rings is 1. The van der Waals surface area contributed by atoms with E-state index in [1.165, 1.54) is 0 Å². The number of carbonyl (C=O) groups excluding carboxylic acids is 1. The Morgan fingerprint density at radius 3 is 2.75 bits per heavy atom. The molecule has 1 N–H and O–H groups in total. The van der Waals surface area contributed by atoms with Crippen LogP contribution in [0.2, 0.25) is 0 Å². The zero-order chi connectivity index (χ0) is 16.5. The highest BCUT2D eigenvalue weighted by Gasteiger charge is 2.37. The number of anilines is 1. The molecule has 4 nitrogen and oxygen atoms in total. The minimum absolute atomic E-state index is 0.0149. The van der Waals surface area contributed by atoms with E-state index in [-0.39, 0.29) is 12.1 Å². The summed E-state index contributed by atoms with van der Waals surface area (Å²) in [6.45, 7) is 0.570. The Kier molecular flexibility index (Phi) is 4.08. The molecule has 24 heavy (non-hydrogen) atoms. The van der Waals surface area contributed by atoms with Crippen molar-refractivity contribution in [2.75, 3.05) is 5.32 Å². The molecule has 1 atom stereocenters. The van der Waals surface area contributed by atoms with Gasteiger partial charge in [-0.2, -0.15) is 0 Å². The summed E-state index contributed by atoms with van der Waals surface area (Å²) in [5.74, 6) is 0.0149. The Labute approximate surface area is 152 Å². The van der Waals surface area contributed by atoms with E-state index >= 15 is 0 Å². The average molecular weight is 400 g/mol. The average Bonchev–Trinajstić information content (AvgIpc) is 3.20. The van der Waals surface area contributed by atoms with Crippen molar-refractivity contribution in [3.05, 3.63) is 80.7 Å². The van der Waals surface area contributed by atoms with Crippen LogP contribution in [-0.4, -0.2) is 15.8 Å². The fraction of sp³-hybridized carbons (Fsp3) is 0.111. The fourth-order valence-electron chi connectivity index (χ4n) is 2.82. The lowest BCUT2D eigenvalue weighted by Gasteiger charge is -2.26. The summed E-state index contributed by atoms with van der Waals surface area (Å²) >= 11 is 5.09. The summed E-state index contributed by atoms with van der Waals surface area (Å²) in [5.41, 5.74) is 2.40. The van der Waals surface area contributed by atoms with Gasteiger partial charge in [-0.1, -0.05) is 22.0 Å². The van der Waals surface area contributed by atoms with E-state index in [0.717, 1.165) is 20.7 Å². The van der Waals surface area contributed by atoms with Gasteiger partial charge in [-0.05, 0) is 47.8 Å². The van der Waals surface area contributed by atoms with E-state index in [2.05, 4.69) is 26.2 Å². The van der Waals surface area contributed by atoms with Gasteiger partial charge >= 0.3 is 0 Å². The number of nitrogens with zero attached hydrogens (tertiary/aromatic N) is 2. The highest BCUT2D eigenvalue weighted by Crippen LogP contribution is 2.34. The van der Waals surface area contributed by atoms with Crippen LogP contribution in [-0.2, 0) is 6.54 Å². The third kappa shape index (κ3) is 2.83. The summed E-state index contributed by atoms with van der Waals surface area (Å²) in [6, 6.07) is 15.6. The van der Waals surface area contributed by atoms with Gasteiger partial charge in [-0.15, -0.1) is 11.3 Å². The van der Waals surface area contributed by atoms with E-state index in [1.54, 1.807) is 17.5 Å². The van der Waals surface area contributed by atoms with Gasteiger partial charge in [0.2, 0.25) is 0 Å². The Morgan fingerprint density at radius 1 is 1.17 bits per heavy atom. The Bertz CT molecular complexity index is 864. The van der Waals surface area contributed by atoms with Gasteiger partial charge < -0.3 is 10.2 Å². The molecule has 0 saturated carbocycles. The lowest BCUT2D eigenvalue weighted by molar-refractivity contribution is 0.0729. The van der Waals surface area contributed by atoms with Gasteiger partial charge in [0.25, 0.3) is 5.91 Å². The number of hydrogen-bond donors (Lipinski definition) is 1. The van der Waals surface area contributed by atoms with Crippen LogP contribution >= 0.6 is 27.3 Å². The molecule has 1 aliphatic rings. The topological polar surface area (TPSA) is 45.2 Å². The largest absolute Gasteiger partial charge is 0.360 e. The van der Waals surface area contributed by atoms with E-state index in [0.29, 0.717) is 12.1 Å². The van der Waals surface area contributed by atoms with Crippen LogP contribution in [0.1, 0.15) is 27.1 Å². The standard InChI is InChI=1S/C18H14BrN3OS/c19-12-5-7-13(8-6-12)21-17-16-15(4-1-9-20-16)18(23)22(17)11-14-3-2-10-24-14/h1-10,17,21H,11H2/t17-/m0/s1. The number of fused-ring (bicyclic) bond motifs is 1. The number of nitrogens with one attached hydrogen (secondary N) is 1. The number of halogens is 1. The second kappa shape index (κ2) is 6.37. The summed E-state index contributed by atoms with van der Waals surface area (Å²) in [5, 5.41) is 5.47. The fourth-order valence-corrected chi connectivity index (χ4v) is 3.79. The molecular weight excluding hydrogens is 386 g/mol. The van der Waals surface area contributed by atoms with Crippen molar-refractivity contribution in [1.82, 2.24) is 9.88 Å². The Balaban J connectivity index is 1.68. The van der Waals surface area contributed by atoms with Crippen molar-refractivity contribution < 1.29 is 4.79 Å². The first kappa shape index (κ1) is 15.4. The van der Waals surface area contributed by atoms with Gasteiger partial charge in [0.05, 0.1) is 17.8 Å². The summed E-state index contributed by atoms with van der Waals surface area (Å²) < 4.78 is 1.02. The van der Waals surface area contributed by atoms with Crippen molar-refractivity contribution in [1.29, 1.82) is 0 Å². The quantitative estimate of drug-likeness (QED) is 0.692. The number of aromatic nitrogens is 1. The highest BCUT2D eigenvalue weighted by atomic mass is 79.9. The molecule has 0 radical (unpaired) electrons. The summed E-state index contributed by atoms with van der Waals surface area (Å²) in [4.78, 5) is 20.3. The van der Waals surface area contributed by atoms with Crippen LogP contribution in [0.15, 0.2) is 64.6 Å². The molecule has 0 bridgehead atoms. The maximum absolute atomic E-state index is 12.8. The van der Waals surface area contributed by atoms with Crippen molar-refractivity contribution in [2.45, 2.75) is 12.7 Å². The van der Waals surface area contributed by atoms with Crippen LogP contribution in [0, 0.1) is 0 Å². The monoisotopic (exact) mass is 399 g/mol. The molecule has 4 rings (SSSR count). The molecule has 0 saturated heterocycles. The maximum atomic E-state index is 12.8. The van der Waals surface area contributed by atoms with Gasteiger partial charge in [0.1, 0.15) is 6.17 Å². The van der Waals surface area contributed by atoms with E-state index in [1.807, 2.05) is 58.8 Å². The molecule has 0 fully saturated rings. The van der Waals surface area contributed by atoms with Crippen LogP contribution < -0.4 is 5.32 Å². The normalized spacial score (nSPS) is 16.3. The third-order valence-electron chi connectivity index (χ3n) is 3.95. The molecule has 1 aromatic carbocycles. The minimum atomic E-state index is -0.267. The number of amides is 1. The molecule has 1 amide bonds. The molecule has 3 heterocycles. The highest BCUT2D eigenvalue weighted by molar-refractivity contribution is 9.10. The number of carbonyl (C=O) groups is 1. The van der Waals surface area contributed by atoms with E-state index in [4.69, 9.17) is 0 Å². The number of benzene rings is 1. The lowest BCUT2D eigenvalue weighted by atomic mass is 10.2. The molecule has 0 spiro atoms. The lowest BCUT2D eigenvalue weighted by Crippen LogP contribution is -2.31. The van der Waals surface area contributed by atoms with Crippen LogP contribution in [0.3, 0.4) is 0 Å². The minimum Gasteiger partial charge on any atom is -0.360 e. The molecule has 0 aliphatic carbocycles. The van der Waals surface area contributed by atoms with Crippen LogP contribution in [0.25, 0.3) is 0 Å². The summed E-state index contributed by atoms with van der Waals surface area (Å²) in [7, 11) is 0. The number of rotatable bonds is 4. The zero-order valence-electron chi connectivity index (χ0n) is 12.6. The van der Waals surface area contributed by atoms with Gasteiger partial charge in [0.15, 0.2) is 0 Å². The number of pyridine rings is 1. The van der Waals surface area contributed by atoms with E-state index < -0.39 is 0 Å². The van der Waals surface area contributed by atoms with Crippen molar-refractivity contribution >= 4 is 38.9 Å². The van der Waals surface area contributed by atoms with E-state index in [9.17, 15) is 4.79 Å². The molecular formula is C18H14BrN3OS. The van der Waals surface area contributed by atoms with Crippen LogP contribution in [0.5, 0.6) is 0 Å². The van der Waals surface area contributed by atoms with Crippen molar-refractivity contribution in [3.8, 4) is 0 Å².